The summed E-state index contributed by atoms with van der Waals surface area (Å²) in [6, 6.07) is 3.88. The lowest BCUT2D eigenvalue weighted by atomic mass is 9.85. The summed E-state index contributed by atoms with van der Waals surface area (Å²) in [5.74, 6) is 0.996. The van der Waals surface area contributed by atoms with Crippen molar-refractivity contribution in [2.45, 2.75) is 84.3 Å². The first-order valence-electron chi connectivity index (χ1n) is 9.21. The van der Waals surface area contributed by atoms with Gasteiger partial charge >= 0.3 is 0 Å². The summed E-state index contributed by atoms with van der Waals surface area (Å²) in [4.78, 5) is 0. The largest absolute Gasteiger partial charge is 0.508 e. The average Bonchev–Trinajstić information content (AvgIpc) is 2.49. The van der Waals surface area contributed by atoms with Crippen LogP contribution in [-0.4, -0.2) is 21.9 Å². The fraction of sp³-hybridized carbons (Fsp3) is 0.619. The SMILES string of the molecule is CCCCCc1cc(O)c2c(c1)O[C@](C)(CCC=C(C)C)[C@H](O)C2. The summed E-state index contributed by atoms with van der Waals surface area (Å²) in [6.07, 6.45) is 8.11. The number of aromatic hydroxyl groups is 1. The molecule has 3 heteroatoms. The number of aliphatic hydroxyl groups is 1. The van der Waals surface area contributed by atoms with Crippen molar-refractivity contribution in [1.29, 1.82) is 0 Å². The van der Waals surface area contributed by atoms with Crippen LogP contribution in [0.1, 0.15) is 70.9 Å². The minimum absolute atomic E-state index is 0.254. The topological polar surface area (TPSA) is 49.7 Å². The lowest BCUT2D eigenvalue weighted by Gasteiger charge is -2.40. The average molecular weight is 332 g/mol. The number of hydrogen-bond donors (Lipinski definition) is 2. The van der Waals surface area contributed by atoms with Crippen LogP contribution in [0.4, 0.5) is 0 Å². The molecule has 2 atom stereocenters. The molecule has 0 amide bonds. The smallest absolute Gasteiger partial charge is 0.133 e. The lowest BCUT2D eigenvalue weighted by molar-refractivity contribution is -0.0592. The zero-order valence-corrected chi connectivity index (χ0v) is 15.6. The maximum Gasteiger partial charge on any atom is 0.133 e. The third-order valence-corrected chi connectivity index (χ3v) is 4.95. The minimum Gasteiger partial charge on any atom is -0.508 e. The first-order valence-corrected chi connectivity index (χ1v) is 9.21. The highest BCUT2D eigenvalue weighted by atomic mass is 16.5. The Balaban J connectivity index is 2.17. The molecule has 0 saturated heterocycles. The molecule has 24 heavy (non-hydrogen) atoms. The second-order valence-electron chi connectivity index (χ2n) is 7.50. The summed E-state index contributed by atoms with van der Waals surface area (Å²) in [5, 5.41) is 20.9. The van der Waals surface area contributed by atoms with Crippen LogP contribution in [0.3, 0.4) is 0 Å². The molecule has 0 fully saturated rings. The van der Waals surface area contributed by atoms with E-state index in [2.05, 4.69) is 32.9 Å². The van der Waals surface area contributed by atoms with E-state index in [0.717, 1.165) is 42.6 Å². The van der Waals surface area contributed by atoms with Crippen LogP contribution in [-0.2, 0) is 12.8 Å². The molecule has 1 aromatic rings. The predicted octanol–water partition coefficient (Wildman–Crippen LogP) is 4.93. The molecule has 0 aliphatic carbocycles. The Bertz CT molecular complexity index is 587. The van der Waals surface area contributed by atoms with E-state index in [0.29, 0.717) is 6.42 Å². The van der Waals surface area contributed by atoms with Crippen molar-refractivity contribution in [2.75, 3.05) is 0 Å². The van der Waals surface area contributed by atoms with Crippen molar-refractivity contribution in [2.24, 2.45) is 0 Å². The van der Waals surface area contributed by atoms with Gasteiger partial charge in [0.15, 0.2) is 0 Å². The lowest BCUT2D eigenvalue weighted by Crippen LogP contribution is -2.48. The van der Waals surface area contributed by atoms with Gasteiger partial charge in [-0.3, -0.25) is 0 Å². The second kappa shape index (κ2) is 8.06. The number of phenols is 1. The van der Waals surface area contributed by atoms with Crippen molar-refractivity contribution in [3.05, 3.63) is 34.9 Å². The van der Waals surface area contributed by atoms with Crippen LogP contribution in [0.15, 0.2) is 23.8 Å². The summed E-state index contributed by atoms with van der Waals surface area (Å²) < 4.78 is 6.20. The Kier molecular flexibility index (Phi) is 6.34. The van der Waals surface area contributed by atoms with Crippen molar-refractivity contribution in [3.8, 4) is 11.5 Å². The molecule has 1 heterocycles. The van der Waals surface area contributed by atoms with E-state index in [-0.39, 0.29) is 5.75 Å². The molecule has 0 bridgehead atoms. The Morgan fingerprint density at radius 1 is 1.33 bits per heavy atom. The van der Waals surface area contributed by atoms with Gasteiger partial charge in [-0.2, -0.15) is 0 Å². The molecule has 134 valence electrons. The van der Waals surface area contributed by atoms with Crippen LogP contribution in [0.5, 0.6) is 11.5 Å². The van der Waals surface area contributed by atoms with E-state index >= 15 is 0 Å². The maximum absolute atomic E-state index is 10.6. The molecule has 3 nitrogen and oxygen atoms in total. The van der Waals surface area contributed by atoms with Crippen LogP contribution in [0.25, 0.3) is 0 Å². The Morgan fingerprint density at radius 2 is 2.08 bits per heavy atom. The molecule has 2 rings (SSSR count). The molecule has 0 radical (unpaired) electrons. The fourth-order valence-corrected chi connectivity index (χ4v) is 3.30. The van der Waals surface area contributed by atoms with Crippen LogP contribution >= 0.6 is 0 Å². The monoisotopic (exact) mass is 332 g/mol. The number of allylic oxidation sites excluding steroid dienone is 2. The number of fused-ring (bicyclic) bond motifs is 1. The summed E-state index contributed by atoms with van der Waals surface area (Å²) in [6.45, 7) is 8.32. The number of hydrogen-bond acceptors (Lipinski definition) is 3. The third-order valence-electron chi connectivity index (χ3n) is 4.95. The second-order valence-corrected chi connectivity index (χ2v) is 7.50. The van der Waals surface area contributed by atoms with Crippen LogP contribution < -0.4 is 4.74 Å². The Morgan fingerprint density at radius 3 is 2.75 bits per heavy atom. The van der Waals surface area contributed by atoms with E-state index < -0.39 is 11.7 Å². The Hall–Kier alpha value is -1.48. The number of aliphatic hydroxyl groups excluding tert-OH is 1. The fourth-order valence-electron chi connectivity index (χ4n) is 3.30. The highest BCUT2D eigenvalue weighted by molar-refractivity contribution is 5.49. The zero-order valence-electron chi connectivity index (χ0n) is 15.6. The Labute approximate surface area is 146 Å². The summed E-state index contributed by atoms with van der Waals surface area (Å²) in [5.41, 5.74) is 2.53. The van der Waals surface area contributed by atoms with Gasteiger partial charge in [0.2, 0.25) is 0 Å². The standard InChI is InChI=1S/C21H32O3/c1-5-6-7-10-16-12-18(22)17-14-20(23)21(4,24-19(17)13-16)11-8-9-15(2)3/h9,12-13,20,22-23H,5-8,10-11,14H2,1-4H3/t20-,21-/m1/s1. The van der Waals surface area contributed by atoms with Crippen molar-refractivity contribution in [3.63, 3.8) is 0 Å². The van der Waals surface area contributed by atoms with Crippen molar-refractivity contribution < 1.29 is 14.9 Å². The van der Waals surface area contributed by atoms with E-state index in [1.54, 1.807) is 0 Å². The summed E-state index contributed by atoms with van der Waals surface area (Å²) in [7, 11) is 0. The number of benzene rings is 1. The number of unbranched alkanes of at least 4 members (excludes halogenated alkanes) is 2. The van der Waals surface area contributed by atoms with Gasteiger partial charge < -0.3 is 14.9 Å². The maximum atomic E-state index is 10.6. The van der Waals surface area contributed by atoms with Gasteiger partial charge in [0.05, 0.1) is 6.10 Å². The van der Waals surface area contributed by atoms with Crippen LogP contribution in [0, 0.1) is 0 Å². The van der Waals surface area contributed by atoms with Gasteiger partial charge in [0, 0.05) is 12.0 Å². The molecule has 1 aliphatic rings. The molecule has 0 saturated carbocycles. The van der Waals surface area contributed by atoms with Gasteiger partial charge in [0.1, 0.15) is 17.1 Å². The van der Waals surface area contributed by atoms with Gasteiger partial charge in [-0.05, 0) is 64.2 Å². The van der Waals surface area contributed by atoms with E-state index in [1.807, 2.05) is 13.0 Å². The predicted molar refractivity (Wildman–Crippen MR) is 98.7 cm³/mol. The van der Waals surface area contributed by atoms with Crippen LogP contribution in [0.2, 0.25) is 0 Å². The number of aryl methyl sites for hydroxylation is 1. The molecular formula is C21H32O3. The third kappa shape index (κ3) is 4.54. The normalized spacial score (nSPS) is 22.6. The zero-order chi connectivity index (χ0) is 17.7. The molecular weight excluding hydrogens is 300 g/mol. The number of phenolic OH excluding ortho intramolecular Hbond substituents is 1. The molecule has 1 aromatic carbocycles. The molecule has 1 aliphatic heterocycles. The summed E-state index contributed by atoms with van der Waals surface area (Å²) >= 11 is 0. The number of ether oxygens (including phenoxy) is 1. The van der Waals surface area contributed by atoms with E-state index in [1.165, 1.54) is 18.4 Å². The number of rotatable bonds is 7. The first-order chi connectivity index (χ1) is 11.4. The highest BCUT2D eigenvalue weighted by Gasteiger charge is 2.40. The molecule has 0 unspecified atom stereocenters. The van der Waals surface area contributed by atoms with Gasteiger partial charge in [-0.25, -0.2) is 0 Å². The highest BCUT2D eigenvalue weighted by Crippen LogP contribution is 2.41. The van der Waals surface area contributed by atoms with Gasteiger partial charge in [0.25, 0.3) is 0 Å². The van der Waals surface area contributed by atoms with Gasteiger partial charge in [-0.1, -0.05) is 31.4 Å². The van der Waals surface area contributed by atoms with E-state index in [9.17, 15) is 10.2 Å². The quantitative estimate of drug-likeness (QED) is 0.550. The molecule has 0 aromatic heterocycles. The minimum atomic E-state index is -0.604. The first kappa shape index (κ1) is 18.9. The van der Waals surface area contributed by atoms with Gasteiger partial charge in [-0.15, -0.1) is 0 Å². The molecule has 2 N–H and O–H groups in total. The molecule has 0 spiro atoms. The van der Waals surface area contributed by atoms with E-state index in [4.69, 9.17) is 4.74 Å². The van der Waals surface area contributed by atoms with Crippen molar-refractivity contribution >= 4 is 0 Å². The van der Waals surface area contributed by atoms with Crippen molar-refractivity contribution in [1.82, 2.24) is 0 Å².